The minimum Gasteiger partial charge on any atom is -0.327 e. The van der Waals surface area contributed by atoms with Crippen molar-refractivity contribution in [2.24, 2.45) is 5.73 Å². The van der Waals surface area contributed by atoms with E-state index in [0.29, 0.717) is 12.1 Å². The van der Waals surface area contributed by atoms with Gasteiger partial charge in [-0.05, 0) is 52.2 Å². The summed E-state index contributed by atoms with van der Waals surface area (Å²) in [7, 11) is 0. The van der Waals surface area contributed by atoms with Gasteiger partial charge in [0.1, 0.15) is 0 Å². The summed E-state index contributed by atoms with van der Waals surface area (Å²) in [5, 5.41) is 0. The van der Waals surface area contributed by atoms with Crippen LogP contribution in [0.1, 0.15) is 45.4 Å². The SMILES string of the molecule is CC(N)C1CCCCN1CCN1CCCCC1. The molecule has 2 unspecified atom stereocenters. The van der Waals surface area contributed by atoms with Crippen molar-refractivity contribution in [2.75, 3.05) is 32.7 Å². The number of hydrogen-bond acceptors (Lipinski definition) is 3. The van der Waals surface area contributed by atoms with Gasteiger partial charge in [0.05, 0.1) is 0 Å². The summed E-state index contributed by atoms with van der Waals surface area (Å²) >= 11 is 0. The Hall–Kier alpha value is -0.120. The summed E-state index contributed by atoms with van der Waals surface area (Å²) in [4.78, 5) is 5.28. The van der Waals surface area contributed by atoms with Crippen LogP contribution in [-0.2, 0) is 0 Å². The molecule has 2 aliphatic rings. The highest BCUT2D eigenvalue weighted by atomic mass is 15.2. The van der Waals surface area contributed by atoms with Crippen molar-refractivity contribution in [1.82, 2.24) is 9.80 Å². The summed E-state index contributed by atoms with van der Waals surface area (Å²) in [5.74, 6) is 0. The minimum atomic E-state index is 0.330. The molecule has 0 aromatic carbocycles. The van der Waals surface area contributed by atoms with Crippen molar-refractivity contribution in [3.05, 3.63) is 0 Å². The average molecular weight is 239 g/mol. The largest absolute Gasteiger partial charge is 0.327 e. The number of nitrogens with two attached hydrogens (primary N) is 1. The van der Waals surface area contributed by atoms with Crippen LogP contribution >= 0.6 is 0 Å². The van der Waals surface area contributed by atoms with Crippen LogP contribution in [0.4, 0.5) is 0 Å². The second-order valence-electron chi connectivity index (χ2n) is 5.86. The lowest BCUT2D eigenvalue weighted by Gasteiger charge is -2.39. The zero-order chi connectivity index (χ0) is 12.1. The fourth-order valence-corrected chi connectivity index (χ4v) is 3.34. The van der Waals surface area contributed by atoms with Gasteiger partial charge in [0.25, 0.3) is 0 Å². The Bertz CT molecular complexity index is 212. The molecule has 0 bridgehead atoms. The van der Waals surface area contributed by atoms with Crippen LogP contribution in [-0.4, -0.2) is 54.6 Å². The molecule has 100 valence electrons. The van der Waals surface area contributed by atoms with E-state index in [0.717, 1.165) is 0 Å². The Kier molecular flexibility index (Phi) is 5.26. The van der Waals surface area contributed by atoms with Crippen molar-refractivity contribution in [1.29, 1.82) is 0 Å². The second kappa shape index (κ2) is 6.72. The number of likely N-dealkylation sites (tertiary alicyclic amines) is 2. The Morgan fingerprint density at radius 2 is 1.71 bits per heavy atom. The molecule has 0 radical (unpaired) electrons. The number of nitrogens with zero attached hydrogens (tertiary/aromatic N) is 2. The van der Waals surface area contributed by atoms with Gasteiger partial charge in [-0.25, -0.2) is 0 Å². The Labute approximate surface area is 106 Å². The lowest BCUT2D eigenvalue weighted by molar-refractivity contribution is 0.106. The highest BCUT2D eigenvalue weighted by molar-refractivity contribution is 4.83. The highest BCUT2D eigenvalue weighted by Gasteiger charge is 2.25. The summed E-state index contributed by atoms with van der Waals surface area (Å²) in [5.41, 5.74) is 6.11. The average Bonchev–Trinajstić information content (AvgIpc) is 2.38. The third-order valence-electron chi connectivity index (χ3n) is 4.42. The standard InChI is InChI=1S/C14H29N3/c1-13(15)14-7-3-6-10-17(14)12-11-16-8-4-2-5-9-16/h13-14H,2-12,15H2,1H3. The van der Waals surface area contributed by atoms with Crippen LogP contribution in [0, 0.1) is 0 Å². The monoisotopic (exact) mass is 239 g/mol. The van der Waals surface area contributed by atoms with E-state index in [1.54, 1.807) is 0 Å². The van der Waals surface area contributed by atoms with E-state index in [1.165, 1.54) is 71.2 Å². The number of piperidine rings is 2. The van der Waals surface area contributed by atoms with Gasteiger partial charge >= 0.3 is 0 Å². The van der Waals surface area contributed by atoms with Gasteiger partial charge in [-0.2, -0.15) is 0 Å². The Balaban J connectivity index is 1.75. The van der Waals surface area contributed by atoms with Crippen molar-refractivity contribution >= 4 is 0 Å². The molecule has 2 atom stereocenters. The van der Waals surface area contributed by atoms with Gasteiger partial charge in [-0.1, -0.05) is 12.8 Å². The molecular formula is C14H29N3. The van der Waals surface area contributed by atoms with E-state index < -0.39 is 0 Å². The zero-order valence-electron chi connectivity index (χ0n) is 11.4. The van der Waals surface area contributed by atoms with E-state index in [9.17, 15) is 0 Å². The van der Waals surface area contributed by atoms with E-state index in [-0.39, 0.29) is 0 Å². The molecule has 2 saturated heterocycles. The molecule has 0 amide bonds. The van der Waals surface area contributed by atoms with Crippen LogP contribution in [0.5, 0.6) is 0 Å². The number of rotatable bonds is 4. The molecule has 0 saturated carbocycles. The third kappa shape index (κ3) is 3.94. The molecule has 2 rings (SSSR count). The molecule has 17 heavy (non-hydrogen) atoms. The summed E-state index contributed by atoms with van der Waals surface area (Å²) in [6, 6.07) is 0.963. The van der Waals surface area contributed by atoms with Gasteiger partial charge in [0, 0.05) is 25.2 Å². The molecule has 3 nitrogen and oxygen atoms in total. The minimum absolute atomic E-state index is 0.330. The predicted octanol–water partition coefficient (Wildman–Crippen LogP) is 1.67. The maximum Gasteiger partial charge on any atom is 0.0245 e. The molecule has 0 aromatic rings. The van der Waals surface area contributed by atoms with E-state index in [1.807, 2.05) is 0 Å². The first-order valence-electron chi connectivity index (χ1n) is 7.49. The van der Waals surface area contributed by atoms with Gasteiger partial charge in [-0.15, -0.1) is 0 Å². The molecule has 3 heteroatoms. The van der Waals surface area contributed by atoms with Crippen molar-refractivity contribution in [2.45, 2.75) is 57.5 Å². The molecule has 0 spiro atoms. The summed E-state index contributed by atoms with van der Waals surface area (Å²) < 4.78 is 0. The van der Waals surface area contributed by atoms with Crippen LogP contribution in [0.15, 0.2) is 0 Å². The maximum atomic E-state index is 6.11. The van der Waals surface area contributed by atoms with Crippen molar-refractivity contribution in [3.63, 3.8) is 0 Å². The molecule has 2 fully saturated rings. The smallest absolute Gasteiger partial charge is 0.0245 e. The van der Waals surface area contributed by atoms with Gasteiger partial charge < -0.3 is 10.6 Å². The van der Waals surface area contributed by atoms with E-state index >= 15 is 0 Å². The summed E-state index contributed by atoms with van der Waals surface area (Å²) in [6.07, 6.45) is 8.27. The topological polar surface area (TPSA) is 32.5 Å². The van der Waals surface area contributed by atoms with Crippen LogP contribution in [0.25, 0.3) is 0 Å². The van der Waals surface area contributed by atoms with Gasteiger partial charge in [0.15, 0.2) is 0 Å². The lowest BCUT2D eigenvalue weighted by atomic mass is 9.97. The predicted molar refractivity (Wildman–Crippen MR) is 73.2 cm³/mol. The fraction of sp³-hybridized carbons (Fsp3) is 1.00. The van der Waals surface area contributed by atoms with Gasteiger partial charge in [-0.3, -0.25) is 4.90 Å². The van der Waals surface area contributed by atoms with Crippen LogP contribution in [0.2, 0.25) is 0 Å². The van der Waals surface area contributed by atoms with E-state index in [2.05, 4.69) is 16.7 Å². The molecule has 2 heterocycles. The molecule has 2 aliphatic heterocycles. The van der Waals surface area contributed by atoms with Crippen LogP contribution in [0.3, 0.4) is 0 Å². The molecule has 0 aliphatic carbocycles. The molecule has 2 N–H and O–H groups in total. The first-order chi connectivity index (χ1) is 8.27. The fourth-order valence-electron chi connectivity index (χ4n) is 3.34. The van der Waals surface area contributed by atoms with E-state index in [4.69, 9.17) is 5.73 Å². The van der Waals surface area contributed by atoms with Crippen LogP contribution < -0.4 is 5.73 Å². The Morgan fingerprint density at radius 1 is 1.00 bits per heavy atom. The lowest BCUT2D eigenvalue weighted by Crippen LogP contribution is -2.51. The Morgan fingerprint density at radius 3 is 2.41 bits per heavy atom. The quantitative estimate of drug-likeness (QED) is 0.810. The van der Waals surface area contributed by atoms with Gasteiger partial charge in [0.2, 0.25) is 0 Å². The highest BCUT2D eigenvalue weighted by Crippen LogP contribution is 2.19. The normalized spacial score (nSPS) is 30.4. The summed E-state index contributed by atoms with van der Waals surface area (Å²) in [6.45, 7) is 8.55. The van der Waals surface area contributed by atoms with Crippen molar-refractivity contribution < 1.29 is 0 Å². The maximum absolute atomic E-state index is 6.11. The second-order valence-corrected chi connectivity index (χ2v) is 5.86. The third-order valence-corrected chi connectivity index (χ3v) is 4.42. The number of hydrogen-bond donors (Lipinski definition) is 1. The molecule has 0 aromatic heterocycles. The first kappa shape index (κ1) is 13.3. The zero-order valence-corrected chi connectivity index (χ0v) is 11.4. The van der Waals surface area contributed by atoms with Crippen molar-refractivity contribution in [3.8, 4) is 0 Å². The first-order valence-corrected chi connectivity index (χ1v) is 7.49. The molecular weight excluding hydrogens is 210 g/mol.